The summed E-state index contributed by atoms with van der Waals surface area (Å²) >= 11 is 1.66. The zero-order valence-electron chi connectivity index (χ0n) is 23.2. The number of carbonyl (C=O) groups excluding carboxylic acids is 5. The standard InChI is InChI=1S/C25H48AsN5O8/c1-20(32)29(37)16-8-2-5-11-21(19-22(27)33)25(36)31(39)18-10-4-7-15-28-23(34)12-13-24(35)30(38)17-9-3-6-14-26/h21,37-39H,2-19,26H2,1H3,(H2,27,33)(H,28,34). The van der Waals surface area contributed by atoms with Crippen molar-refractivity contribution in [2.24, 2.45) is 11.7 Å². The third-order valence-corrected chi connectivity index (χ3v) is 6.99. The molecule has 0 spiro atoms. The summed E-state index contributed by atoms with van der Waals surface area (Å²) in [6, 6.07) is 0. The molecule has 0 saturated heterocycles. The van der Waals surface area contributed by atoms with E-state index in [1.165, 1.54) is 6.92 Å². The fourth-order valence-corrected chi connectivity index (χ4v) is 4.41. The Morgan fingerprint density at radius 1 is 0.769 bits per heavy atom. The van der Waals surface area contributed by atoms with E-state index in [4.69, 9.17) is 5.73 Å². The maximum absolute atomic E-state index is 12.6. The molecule has 14 heteroatoms. The topological polar surface area (TPSA) is 194 Å². The van der Waals surface area contributed by atoms with Gasteiger partial charge in [0.2, 0.25) is 17.7 Å². The monoisotopic (exact) mass is 621 g/mol. The summed E-state index contributed by atoms with van der Waals surface area (Å²) in [6.45, 7) is 2.15. The Morgan fingerprint density at radius 2 is 1.33 bits per heavy atom. The second kappa shape index (κ2) is 22.6. The van der Waals surface area contributed by atoms with E-state index in [-0.39, 0.29) is 44.8 Å². The SMILES string of the molecule is CC(=O)N(O)CCCCCC(CC(N)=O)C(=O)N(O)CCCCCNC(=O)CCC(=O)N(O)CCCCC[AsH2]. The molecule has 0 bridgehead atoms. The average Bonchev–Trinajstić information content (AvgIpc) is 2.89. The van der Waals surface area contributed by atoms with Crippen LogP contribution in [-0.4, -0.2) is 103 Å². The predicted octanol–water partition coefficient (Wildman–Crippen LogP) is 1.00. The van der Waals surface area contributed by atoms with Crippen LogP contribution in [0, 0.1) is 5.92 Å². The van der Waals surface area contributed by atoms with Gasteiger partial charge in [0.25, 0.3) is 0 Å². The third kappa shape index (κ3) is 19.5. The average molecular weight is 622 g/mol. The Hall–Kier alpha value is -2.21. The fraction of sp³-hybridized carbons (Fsp3) is 0.800. The van der Waals surface area contributed by atoms with E-state index in [0.717, 1.165) is 24.5 Å². The molecule has 6 N–H and O–H groups in total. The normalized spacial score (nSPS) is 11.5. The van der Waals surface area contributed by atoms with Crippen molar-refractivity contribution in [2.45, 2.75) is 95.6 Å². The van der Waals surface area contributed by atoms with Crippen molar-refractivity contribution in [1.29, 1.82) is 0 Å². The van der Waals surface area contributed by atoms with Crippen molar-refractivity contribution in [1.82, 2.24) is 20.5 Å². The number of hydroxylamine groups is 6. The molecule has 13 nitrogen and oxygen atoms in total. The quantitative estimate of drug-likeness (QED) is 0.0483. The number of nitrogens with one attached hydrogen (secondary N) is 1. The van der Waals surface area contributed by atoms with Crippen molar-refractivity contribution < 1.29 is 39.6 Å². The van der Waals surface area contributed by atoms with E-state index in [1.54, 1.807) is 16.9 Å². The first-order chi connectivity index (χ1) is 18.5. The second-order valence-electron chi connectivity index (χ2n) is 9.60. The molecule has 0 aliphatic heterocycles. The van der Waals surface area contributed by atoms with Crippen LogP contribution in [0.2, 0.25) is 5.21 Å². The van der Waals surface area contributed by atoms with Crippen molar-refractivity contribution in [3.63, 3.8) is 0 Å². The Labute approximate surface area is 239 Å². The Morgan fingerprint density at radius 3 is 1.92 bits per heavy atom. The van der Waals surface area contributed by atoms with Crippen LogP contribution in [-0.2, 0) is 24.0 Å². The molecule has 0 saturated carbocycles. The molecule has 0 fully saturated rings. The molecule has 0 aliphatic carbocycles. The van der Waals surface area contributed by atoms with Gasteiger partial charge in [-0.3, -0.25) is 24.8 Å². The second-order valence-corrected chi connectivity index (χ2v) is 10.8. The number of nitrogens with two attached hydrogens (primary N) is 1. The minimum atomic E-state index is -0.751. The maximum atomic E-state index is 12.6. The van der Waals surface area contributed by atoms with Crippen molar-refractivity contribution in [3.05, 3.63) is 0 Å². The zero-order chi connectivity index (χ0) is 29.6. The van der Waals surface area contributed by atoms with Crippen LogP contribution in [0.3, 0.4) is 0 Å². The molecule has 2 atom stereocenters. The van der Waals surface area contributed by atoms with Crippen LogP contribution in [0.15, 0.2) is 0 Å². The molecule has 0 radical (unpaired) electrons. The van der Waals surface area contributed by atoms with Crippen LogP contribution < -0.4 is 11.1 Å². The fourth-order valence-electron chi connectivity index (χ4n) is 3.80. The van der Waals surface area contributed by atoms with Gasteiger partial charge in [0.05, 0.1) is 0 Å². The van der Waals surface area contributed by atoms with Crippen molar-refractivity contribution in [2.75, 3.05) is 26.2 Å². The summed E-state index contributed by atoms with van der Waals surface area (Å²) in [4.78, 5) is 58.8. The zero-order valence-corrected chi connectivity index (χ0v) is 25.6. The molecule has 2 unspecified atom stereocenters. The first kappa shape index (κ1) is 36.8. The van der Waals surface area contributed by atoms with Crippen LogP contribution in [0.4, 0.5) is 0 Å². The van der Waals surface area contributed by atoms with Crippen LogP contribution >= 0.6 is 0 Å². The Kier molecular flexibility index (Phi) is 21.3. The number of hydrogen-bond acceptors (Lipinski definition) is 8. The molecule has 226 valence electrons. The van der Waals surface area contributed by atoms with Gasteiger partial charge < -0.3 is 5.73 Å². The predicted molar refractivity (Wildman–Crippen MR) is 145 cm³/mol. The van der Waals surface area contributed by atoms with Gasteiger partial charge in [-0.05, 0) is 32.1 Å². The first-order valence-corrected chi connectivity index (χ1v) is 15.4. The molecule has 0 aliphatic rings. The summed E-state index contributed by atoms with van der Waals surface area (Å²) in [6.07, 6.45) is 6.27. The van der Waals surface area contributed by atoms with Crippen LogP contribution in [0.5, 0.6) is 0 Å². The third-order valence-electron chi connectivity index (χ3n) is 6.13. The van der Waals surface area contributed by atoms with Gasteiger partial charge in [0.1, 0.15) is 0 Å². The Balaban J connectivity index is 4.13. The Bertz CT molecular complexity index is 758. The molecule has 0 aromatic rings. The van der Waals surface area contributed by atoms with E-state index < -0.39 is 29.5 Å². The number of carbonyl (C=O) groups is 5. The molecule has 5 amide bonds. The van der Waals surface area contributed by atoms with E-state index in [0.29, 0.717) is 66.7 Å². The summed E-state index contributed by atoms with van der Waals surface area (Å²) in [7, 11) is 0. The van der Waals surface area contributed by atoms with Gasteiger partial charge in [-0.2, -0.15) is 0 Å². The van der Waals surface area contributed by atoms with Gasteiger partial charge in [0.15, 0.2) is 0 Å². The van der Waals surface area contributed by atoms with Gasteiger partial charge in [-0.25, -0.2) is 10.1 Å². The molecular formula is C25H48AsN5O8. The first-order valence-electron chi connectivity index (χ1n) is 13.7. The summed E-state index contributed by atoms with van der Waals surface area (Å²) in [5.41, 5.74) is 5.26. The van der Waals surface area contributed by atoms with Gasteiger partial charge in [-0.1, -0.05) is 12.8 Å². The molecule has 0 heterocycles. The minimum absolute atomic E-state index is 0.0114. The summed E-state index contributed by atoms with van der Waals surface area (Å²) in [5.74, 6) is -3.19. The number of amides is 5. The molecular weight excluding hydrogens is 573 g/mol. The number of rotatable bonds is 23. The van der Waals surface area contributed by atoms with Crippen molar-refractivity contribution >= 4 is 46.4 Å². The van der Waals surface area contributed by atoms with Crippen LogP contribution in [0.25, 0.3) is 0 Å². The van der Waals surface area contributed by atoms with Gasteiger partial charge in [0, 0.05) is 32.4 Å². The summed E-state index contributed by atoms with van der Waals surface area (Å²) < 4.78 is 0. The van der Waals surface area contributed by atoms with E-state index in [2.05, 4.69) is 5.32 Å². The van der Waals surface area contributed by atoms with E-state index in [1.807, 2.05) is 0 Å². The molecule has 0 aromatic heterocycles. The van der Waals surface area contributed by atoms with Crippen LogP contribution in [0.1, 0.15) is 90.4 Å². The van der Waals surface area contributed by atoms with Gasteiger partial charge >= 0.3 is 104 Å². The molecule has 0 rings (SSSR count). The van der Waals surface area contributed by atoms with E-state index in [9.17, 15) is 39.6 Å². The molecule has 39 heavy (non-hydrogen) atoms. The van der Waals surface area contributed by atoms with E-state index >= 15 is 0 Å². The van der Waals surface area contributed by atoms with Crippen molar-refractivity contribution in [3.8, 4) is 0 Å². The van der Waals surface area contributed by atoms with Gasteiger partial charge in [-0.15, -0.1) is 0 Å². The number of unbranched alkanes of at least 4 members (excludes halogenated alkanes) is 6. The molecule has 0 aromatic carbocycles. The number of primary amides is 1. The summed E-state index contributed by atoms with van der Waals surface area (Å²) in [5, 5.41) is 35.0. The number of nitrogens with zero attached hydrogens (tertiary/aromatic N) is 3. The number of hydrogen-bond donors (Lipinski definition) is 5.